The van der Waals surface area contributed by atoms with Gasteiger partial charge in [-0.3, -0.25) is 14.4 Å². The third kappa shape index (κ3) is 4.47. The Labute approximate surface area is 226 Å². The molecule has 1 saturated carbocycles. The Morgan fingerprint density at radius 3 is 2.55 bits per heavy atom. The molecule has 3 fully saturated rings. The van der Waals surface area contributed by atoms with Crippen molar-refractivity contribution in [2.24, 2.45) is 23.7 Å². The van der Waals surface area contributed by atoms with Gasteiger partial charge in [0.25, 0.3) is 0 Å². The molecule has 3 aliphatic heterocycles. The van der Waals surface area contributed by atoms with Gasteiger partial charge in [-0.05, 0) is 48.3 Å². The number of unbranched alkanes of at least 4 members (excludes halogenated alkanes) is 1. The van der Waals surface area contributed by atoms with Crippen molar-refractivity contribution in [3.8, 4) is 0 Å². The van der Waals surface area contributed by atoms with Crippen molar-refractivity contribution in [3.63, 3.8) is 0 Å². The first-order valence-corrected chi connectivity index (χ1v) is 14.6. The van der Waals surface area contributed by atoms with E-state index in [9.17, 15) is 14.4 Å². The summed E-state index contributed by atoms with van der Waals surface area (Å²) in [5, 5.41) is 6.33. The SMILES string of the molecule is CCCCN1C(=O)[C@@H]2[C@H](C(=O)Nc3ccc(C(C)C)cc3)[C@@H]3C=C[C@@]2(O3)[C@@H]1C(=O)N[C@@H]1CCC[C@@H](C)[C@@H]1C. The topological polar surface area (TPSA) is 87.7 Å². The standard InChI is InChI=1S/C31H43N3O4/c1-6-7-17-34-27(29(36)33-23-10-8-9-19(4)20(23)5)31-16-15-24(38-31)25(26(31)30(34)37)28(35)32-22-13-11-21(12-14-22)18(2)3/h11-16,18-20,23-27H,6-10,17H2,1-5H3,(H,32,35)(H,33,36)/t19-,20+,23-,24+,25-,26+,27+,31+/m1/s1. The van der Waals surface area contributed by atoms with E-state index in [4.69, 9.17) is 4.74 Å². The maximum absolute atomic E-state index is 13.9. The van der Waals surface area contributed by atoms with E-state index >= 15 is 0 Å². The zero-order chi connectivity index (χ0) is 27.2. The molecule has 0 aromatic heterocycles. The van der Waals surface area contributed by atoms with Gasteiger partial charge >= 0.3 is 0 Å². The summed E-state index contributed by atoms with van der Waals surface area (Å²) in [6.07, 6.45) is 8.17. The van der Waals surface area contributed by atoms with E-state index in [1.807, 2.05) is 36.4 Å². The van der Waals surface area contributed by atoms with E-state index in [0.717, 1.165) is 25.7 Å². The average Bonchev–Trinajstić information content (AvgIpc) is 3.53. The van der Waals surface area contributed by atoms with Crippen LogP contribution in [0.5, 0.6) is 0 Å². The Balaban J connectivity index is 1.40. The lowest BCUT2D eigenvalue weighted by Crippen LogP contribution is -2.58. The van der Waals surface area contributed by atoms with Crippen LogP contribution in [-0.2, 0) is 19.1 Å². The number of carbonyl (C=O) groups excluding carboxylic acids is 3. The minimum atomic E-state index is -1.10. The van der Waals surface area contributed by atoms with Gasteiger partial charge in [0.05, 0.1) is 17.9 Å². The normalized spacial score (nSPS) is 35.6. The quantitative estimate of drug-likeness (QED) is 0.488. The third-order valence-electron chi connectivity index (χ3n) is 9.56. The molecule has 2 saturated heterocycles. The number of benzene rings is 1. The van der Waals surface area contributed by atoms with E-state index < -0.39 is 29.6 Å². The zero-order valence-electron chi connectivity index (χ0n) is 23.4. The fourth-order valence-electron chi connectivity index (χ4n) is 7.06. The Morgan fingerprint density at radius 2 is 1.87 bits per heavy atom. The molecule has 5 rings (SSSR count). The molecule has 0 radical (unpaired) electrons. The molecule has 1 spiro atoms. The van der Waals surface area contributed by atoms with Crippen LogP contribution in [0, 0.1) is 23.7 Å². The monoisotopic (exact) mass is 521 g/mol. The van der Waals surface area contributed by atoms with Gasteiger partial charge in [0.2, 0.25) is 17.7 Å². The van der Waals surface area contributed by atoms with E-state index in [-0.39, 0.29) is 23.8 Å². The average molecular weight is 522 g/mol. The number of amides is 3. The summed E-state index contributed by atoms with van der Waals surface area (Å²) in [7, 11) is 0. The van der Waals surface area contributed by atoms with Crippen LogP contribution in [0.3, 0.4) is 0 Å². The Bertz CT molecular complexity index is 1100. The van der Waals surface area contributed by atoms with Gasteiger partial charge < -0.3 is 20.3 Å². The highest BCUT2D eigenvalue weighted by atomic mass is 16.5. The van der Waals surface area contributed by atoms with Gasteiger partial charge in [0.15, 0.2) is 0 Å². The minimum Gasteiger partial charge on any atom is -0.359 e. The molecule has 206 valence electrons. The largest absolute Gasteiger partial charge is 0.359 e. The first-order valence-electron chi connectivity index (χ1n) is 14.6. The number of rotatable bonds is 8. The third-order valence-corrected chi connectivity index (χ3v) is 9.56. The Kier molecular flexibility index (Phi) is 7.42. The Morgan fingerprint density at radius 1 is 1.13 bits per heavy atom. The van der Waals surface area contributed by atoms with Crippen LogP contribution in [0.25, 0.3) is 0 Å². The molecule has 7 heteroatoms. The molecule has 3 amide bonds. The van der Waals surface area contributed by atoms with E-state index in [2.05, 4.69) is 45.3 Å². The second kappa shape index (κ2) is 10.5. The highest BCUT2D eigenvalue weighted by molar-refractivity contribution is 6.02. The number of ether oxygens (including phenoxy) is 1. The maximum Gasteiger partial charge on any atom is 0.246 e. The van der Waals surface area contributed by atoms with Crippen LogP contribution in [-0.4, -0.2) is 53.0 Å². The molecule has 7 nitrogen and oxygen atoms in total. The molecule has 38 heavy (non-hydrogen) atoms. The second-order valence-electron chi connectivity index (χ2n) is 12.2. The van der Waals surface area contributed by atoms with Crippen molar-refractivity contribution in [3.05, 3.63) is 42.0 Å². The lowest BCUT2D eigenvalue weighted by Gasteiger charge is -2.38. The zero-order valence-corrected chi connectivity index (χ0v) is 23.4. The van der Waals surface area contributed by atoms with E-state index in [1.54, 1.807) is 4.90 Å². The molecule has 1 aromatic rings. The Hall–Kier alpha value is -2.67. The smallest absolute Gasteiger partial charge is 0.246 e. The molecular formula is C31H43N3O4. The number of nitrogens with one attached hydrogen (secondary N) is 2. The molecule has 0 unspecified atom stereocenters. The van der Waals surface area contributed by atoms with Crippen LogP contribution < -0.4 is 10.6 Å². The molecule has 2 N–H and O–H groups in total. The number of fused-ring (bicyclic) bond motifs is 1. The lowest BCUT2D eigenvalue weighted by molar-refractivity contribution is -0.141. The van der Waals surface area contributed by atoms with E-state index in [0.29, 0.717) is 30.0 Å². The van der Waals surface area contributed by atoms with Crippen molar-refractivity contribution >= 4 is 23.4 Å². The number of nitrogens with zero attached hydrogens (tertiary/aromatic N) is 1. The van der Waals surface area contributed by atoms with Crippen LogP contribution in [0.2, 0.25) is 0 Å². The van der Waals surface area contributed by atoms with Crippen molar-refractivity contribution in [2.45, 2.75) is 96.4 Å². The summed E-state index contributed by atoms with van der Waals surface area (Å²) in [5.74, 6) is -0.596. The van der Waals surface area contributed by atoms with Gasteiger partial charge in [0, 0.05) is 18.3 Å². The predicted molar refractivity (Wildman–Crippen MR) is 147 cm³/mol. The van der Waals surface area contributed by atoms with Gasteiger partial charge in [-0.1, -0.05) is 78.2 Å². The first-order chi connectivity index (χ1) is 18.2. The summed E-state index contributed by atoms with van der Waals surface area (Å²) in [6, 6.07) is 7.15. The van der Waals surface area contributed by atoms with Crippen molar-refractivity contribution < 1.29 is 19.1 Å². The van der Waals surface area contributed by atoms with Crippen LogP contribution >= 0.6 is 0 Å². The fraction of sp³-hybridized carbons (Fsp3) is 0.645. The number of likely N-dealkylation sites (tertiary alicyclic amines) is 1. The molecular weight excluding hydrogens is 478 g/mol. The number of hydrogen-bond acceptors (Lipinski definition) is 4. The van der Waals surface area contributed by atoms with Crippen LogP contribution in [0.1, 0.15) is 78.2 Å². The number of hydrogen-bond donors (Lipinski definition) is 2. The molecule has 2 bridgehead atoms. The molecule has 8 atom stereocenters. The second-order valence-corrected chi connectivity index (χ2v) is 12.2. The molecule has 1 aromatic carbocycles. The van der Waals surface area contributed by atoms with Crippen molar-refractivity contribution in [1.82, 2.24) is 10.2 Å². The highest BCUT2D eigenvalue weighted by Gasteiger charge is 2.72. The summed E-state index contributed by atoms with van der Waals surface area (Å²) in [5.41, 5.74) is 0.788. The van der Waals surface area contributed by atoms with Gasteiger partial charge in [-0.25, -0.2) is 0 Å². The van der Waals surface area contributed by atoms with Crippen molar-refractivity contribution in [2.75, 3.05) is 11.9 Å². The minimum absolute atomic E-state index is 0.0836. The molecule has 1 aliphatic carbocycles. The van der Waals surface area contributed by atoms with Crippen molar-refractivity contribution in [1.29, 1.82) is 0 Å². The fourth-order valence-corrected chi connectivity index (χ4v) is 7.06. The number of carbonyl (C=O) groups is 3. The molecule has 4 aliphatic rings. The van der Waals surface area contributed by atoms with Gasteiger partial charge in [0.1, 0.15) is 11.6 Å². The van der Waals surface area contributed by atoms with Gasteiger partial charge in [-0.2, -0.15) is 0 Å². The summed E-state index contributed by atoms with van der Waals surface area (Å²) < 4.78 is 6.46. The highest BCUT2D eigenvalue weighted by Crippen LogP contribution is 2.55. The van der Waals surface area contributed by atoms with Crippen LogP contribution in [0.15, 0.2) is 36.4 Å². The lowest BCUT2D eigenvalue weighted by atomic mass is 9.73. The number of anilines is 1. The van der Waals surface area contributed by atoms with Gasteiger partial charge in [-0.15, -0.1) is 0 Å². The van der Waals surface area contributed by atoms with E-state index in [1.165, 1.54) is 12.0 Å². The summed E-state index contributed by atoms with van der Waals surface area (Å²) >= 11 is 0. The molecule has 3 heterocycles. The van der Waals surface area contributed by atoms with Crippen LogP contribution in [0.4, 0.5) is 5.69 Å². The predicted octanol–water partition coefficient (Wildman–Crippen LogP) is 4.64. The summed E-state index contributed by atoms with van der Waals surface area (Å²) in [6.45, 7) is 11.3. The first kappa shape index (κ1) is 26.9. The maximum atomic E-state index is 13.9. The summed E-state index contributed by atoms with van der Waals surface area (Å²) in [4.78, 5) is 43.2.